The summed E-state index contributed by atoms with van der Waals surface area (Å²) in [5.41, 5.74) is 1.53. The molecule has 0 unspecified atom stereocenters. The second kappa shape index (κ2) is 7.36. The van der Waals surface area contributed by atoms with Crippen molar-refractivity contribution < 1.29 is 9.59 Å². The van der Waals surface area contributed by atoms with Gasteiger partial charge in [-0.05, 0) is 18.8 Å². The summed E-state index contributed by atoms with van der Waals surface area (Å²) in [7, 11) is 0. The van der Waals surface area contributed by atoms with E-state index in [1.54, 1.807) is 0 Å². The summed E-state index contributed by atoms with van der Waals surface area (Å²) < 4.78 is 0. The molecule has 0 aromatic heterocycles. The highest BCUT2D eigenvalue weighted by molar-refractivity contribution is 5.99. The summed E-state index contributed by atoms with van der Waals surface area (Å²) in [6, 6.07) is 18.9. The molecule has 0 radical (unpaired) electrons. The summed E-state index contributed by atoms with van der Waals surface area (Å²) in [6.07, 6.45) is 4.56. The van der Waals surface area contributed by atoms with Crippen molar-refractivity contribution in [3.05, 3.63) is 71.8 Å². The molecule has 2 aromatic carbocycles. The molecule has 0 bridgehead atoms. The van der Waals surface area contributed by atoms with Crippen molar-refractivity contribution in [2.75, 3.05) is 0 Å². The largest absolute Gasteiger partial charge is 0.294 e. The lowest BCUT2D eigenvalue weighted by molar-refractivity contribution is 0.0784. The third-order valence-electron chi connectivity index (χ3n) is 4.85. The van der Waals surface area contributed by atoms with E-state index in [0.29, 0.717) is 6.42 Å². The van der Waals surface area contributed by atoms with Crippen LogP contribution in [-0.4, -0.2) is 11.6 Å². The Labute approximate surface area is 137 Å². The zero-order valence-electron chi connectivity index (χ0n) is 13.3. The van der Waals surface area contributed by atoms with Crippen LogP contribution in [0.5, 0.6) is 0 Å². The summed E-state index contributed by atoms with van der Waals surface area (Å²) in [6.45, 7) is 0. The Bertz CT molecular complexity index is 661. The number of hydrogen-bond acceptors (Lipinski definition) is 2. The first kappa shape index (κ1) is 15.7. The first-order valence-corrected chi connectivity index (χ1v) is 8.43. The van der Waals surface area contributed by atoms with Crippen LogP contribution < -0.4 is 0 Å². The minimum Gasteiger partial charge on any atom is -0.294 e. The van der Waals surface area contributed by atoms with Gasteiger partial charge in [-0.1, -0.05) is 73.5 Å². The van der Waals surface area contributed by atoms with Gasteiger partial charge in [0.2, 0.25) is 0 Å². The Balaban J connectivity index is 1.74. The average molecular weight is 306 g/mol. The van der Waals surface area contributed by atoms with Crippen molar-refractivity contribution >= 4 is 11.6 Å². The van der Waals surface area contributed by atoms with Crippen LogP contribution in [0.15, 0.2) is 60.7 Å². The molecule has 2 nitrogen and oxygen atoms in total. The molecule has 2 atom stereocenters. The smallest absolute Gasteiger partial charge is 0.166 e. The van der Waals surface area contributed by atoms with Gasteiger partial charge in [0.25, 0.3) is 0 Å². The van der Waals surface area contributed by atoms with Crippen molar-refractivity contribution in [1.29, 1.82) is 0 Å². The lowest BCUT2D eigenvalue weighted by atomic mass is 9.73. The lowest BCUT2D eigenvalue weighted by Gasteiger charge is -2.30. The number of ketones is 2. The zero-order valence-corrected chi connectivity index (χ0v) is 13.3. The van der Waals surface area contributed by atoms with Gasteiger partial charge in [0.1, 0.15) is 0 Å². The van der Waals surface area contributed by atoms with Crippen molar-refractivity contribution in [3.63, 3.8) is 0 Å². The number of carbonyl (C=O) groups excluding carboxylic acids is 2. The van der Waals surface area contributed by atoms with E-state index in [2.05, 4.69) is 0 Å². The van der Waals surface area contributed by atoms with E-state index in [0.717, 1.165) is 36.8 Å². The molecule has 1 saturated carbocycles. The van der Waals surface area contributed by atoms with Crippen molar-refractivity contribution in [2.24, 2.45) is 11.8 Å². The highest BCUT2D eigenvalue weighted by Gasteiger charge is 2.32. The fourth-order valence-corrected chi connectivity index (χ4v) is 3.59. The fourth-order valence-electron chi connectivity index (χ4n) is 3.59. The second-order valence-electron chi connectivity index (χ2n) is 6.37. The van der Waals surface area contributed by atoms with Gasteiger partial charge < -0.3 is 0 Å². The van der Waals surface area contributed by atoms with Gasteiger partial charge in [0.05, 0.1) is 0 Å². The van der Waals surface area contributed by atoms with Crippen molar-refractivity contribution in [1.82, 2.24) is 0 Å². The molecular formula is C21H22O2. The highest BCUT2D eigenvalue weighted by Crippen LogP contribution is 2.35. The maximum atomic E-state index is 12.8. The molecule has 0 aliphatic heterocycles. The molecule has 0 N–H and O–H groups in total. The van der Waals surface area contributed by atoms with E-state index in [-0.39, 0.29) is 23.4 Å². The van der Waals surface area contributed by atoms with Crippen LogP contribution >= 0.6 is 0 Å². The summed E-state index contributed by atoms with van der Waals surface area (Å²) in [5, 5.41) is 0. The normalized spacial score (nSPS) is 20.9. The quantitative estimate of drug-likeness (QED) is 0.732. The van der Waals surface area contributed by atoms with Crippen LogP contribution in [-0.2, 0) is 0 Å². The topological polar surface area (TPSA) is 34.1 Å². The third-order valence-corrected chi connectivity index (χ3v) is 4.85. The molecule has 2 heteroatoms. The molecule has 0 amide bonds. The Morgan fingerprint density at radius 2 is 1.35 bits per heavy atom. The molecule has 118 valence electrons. The Hall–Kier alpha value is -2.22. The molecule has 3 rings (SSSR count). The number of Topliss-reactive ketones (excluding diaryl/α,β-unsaturated/α-hetero) is 2. The molecule has 0 spiro atoms. The fraction of sp³-hybridized carbons (Fsp3) is 0.333. The molecule has 23 heavy (non-hydrogen) atoms. The van der Waals surface area contributed by atoms with E-state index in [1.165, 1.54) is 0 Å². The van der Waals surface area contributed by atoms with Gasteiger partial charge in [0.15, 0.2) is 11.6 Å². The predicted octanol–water partition coefficient (Wildman–Crippen LogP) is 4.95. The third kappa shape index (κ3) is 3.76. The first-order valence-electron chi connectivity index (χ1n) is 8.43. The van der Waals surface area contributed by atoms with Gasteiger partial charge in [-0.25, -0.2) is 0 Å². The van der Waals surface area contributed by atoms with Gasteiger partial charge in [-0.15, -0.1) is 0 Å². The van der Waals surface area contributed by atoms with Gasteiger partial charge >= 0.3 is 0 Å². The van der Waals surface area contributed by atoms with Crippen LogP contribution in [0.1, 0.15) is 52.8 Å². The maximum Gasteiger partial charge on any atom is 0.166 e. The molecule has 0 saturated heterocycles. The van der Waals surface area contributed by atoms with Crippen molar-refractivity contribution in [2.45, 2.75) is 32.1 Å². The SMILES string of the molecule is O=C(C[C@@H]1CCCC[C@@H]1C(=O)c1ccccc1)c1ccccc1. The number of hydrogen-bond donors (Lipinski definition) is 0. The zero-order chi connectivity index (χ0) is 16.1. The molecule has 2 aromatic rings. The van der Waals surface area contributed by atoms with Crippen LogP contribution in [0.2, 0.25) is 0 Å². The lowest BCUT2D eigenvalue weighted by Crippen LogP contribution is -2.29. The average Bonchev–Trinajstić information content (AvgIpc) is 2.63. The summed E-state index contributed by atoms with van der Waals surface area (Å²) in [5.74, 6) is 0.516. The Morgan fingerprint density at radius 1 is 0.783 bits per heavy atom. The summed E-state index contributed by atoms with van der Waals surface area (Å²) >= 11 is 0. The summed E-state index contributed by atoms with van der Waals surface area (Å²) in [4.78, 5) is 25.3. The predicted molar refractivity (Wildman–Crippen MR) is 91.6 cm³/mol. The van der Waals surface area contributed by atoms with Gasteiger partial charge in [-0.3, -0.25) is 9.59 Å². The monoisotopic (exact) mass is 306 g/mol. The Kier molecular flexibility index (Phi) is 5.02. The van der Waals surface area contributed by atoms with Gasteiger partial charge in [-0.2, -0.15) is 0 Å². The molecular weight excluding hydrogens is 284 g/mol. The standard InChI is InChI=1S/C21H22O2/c22-20(16-9-3-1-4-10-16)15-18-13-7-8-14-19(18)21(23)17-11-5-2-6-12-17/h1-6,9-12,18-19H,7-8,13-15H2/t18-,19-/m0/s1. The molecule has 1 aliphatic carbocycles. The second-order valence-corrected chi connectivity index (χ2v) is 6.37. The van der Waals surface area contributed by atoms with E-state index in [4.69, 9.17) is 0 Å². The van der Waals surface area contributed by atoms with E-state index in [1.807, 2.05) is 60.7 Å². The molecule has 0 heterocycles. The van der Waals surface area contributed by atoms with E-state index >= 15 is 0 Å². The molecule has 1 aliphatic rings. The number of carbonyl (C=O) groups is 2. The van der Waals surface area contributed by atoms with Crippen LogP contribution in [0.25, 0.3) is 0 Å². The molecule has 1 fully saturated rings. The van der Waals surface area contributed by atoms with Gasteiger partial charge in [0, 0.05) is 23.5 Å². The maximum absolute atomic E-state index is 12.8. The first-order chi connectivity index (χ1) is 11.3. The van der Waals surface area contributed by atoms with E-state index < -0.39 is 0 Å². The Morgan fingerprint density at radius 3 is 2.00 bits per heavy atom. The number of rotatable bonds is 5. The number of benzene rings is 2. The van der Waals surface area contributed by atoms with E-state index in [9.17, 15) is 9.59 Å². The van der Waals surface area contributed by atoms with Crippen molar-refractivity contribution in [3.8, 4) is 0 Å². The van der Waals surface area contributed by atoms with Crippen LogP contribution in [0, 0.1) is 11.8 Å². The minimum absolute atomic E-state index is 0.0150. The highest BCUT2D eigenvalue weighted by atomic mass is 16.1. The van der Waals surface area contributed by atoms with Crippen LogP contribution in [0.3, 0.4) is 0 Å². The van der Waals surface area contributed by atoms with Crippen LogP contribution in [0.4, 0.5) is 0 Å². The minimum atomic E-state index is -0.0150.